The third-order valence-corrected chi connectivity index (χ3v) is 6.53. The van der Waals surface area contributed by atoms with Crippen LogP contribution in [0.15, 0.2) is 42.5 Å². The van der Waals surface area contributed by atoms with Crippen LogP contribution in [0.25, 0.3) is 16.9 Å². The number of nitrogens with zero attached hydrogens (tertiary/aromatic N) is 5. The number of nitrogens with two attached hydrogens (primary N) is 1. The summed E-state index contributed by atoms with van der Waals surface area (Å²) in [5, 5.41) is 4.26. The van der Waals surface area contributed by atoms with Gasteiger partial charge < -0.3 is 15.5 Å². The number of aromatic nitrogens is 3. The van der Waals surface area contributed by atoms with Crippen LogP contribution < -0.4 is 5.73 Å². The molecule has 32 heavy (non-hydrogen) atoms. The van der Waals surface area contributed by atoms with Crippen molar-refractivity contribution in [2.45, 2.75) is 32.1 Å². The number of carbonyl (C=O) groups excluding carboxylic acids is 2. The number of pyridine rings is 1. The maximum Gasteiger partial charge on any atom is 0.253 e. The van der Waals surface area contributed by atoms with Gasteiger partial charge in [-0.3, -0.25) is 9.59 Å². The Hall–Kier alpha value is -3.42. The van der Waals surface area contributed by atoms with Crippen molar-refractivity contribution >= 4 is 23.4 Å². The minimum atomic E-state index is -0.0829. The van der Waals surface area contributed by atoms with Crippen LogP contribution in [0.5, 0.6) is 0 Å². The number of nitrogen functional groups attached to an aromatic ring is 1. The second kappa shape index (κ2) is 8.61. The molecule has 8 heteroatoms. The lowest BCUT2D eigenvalue weighted by atomic mass is 9.95. The van der Waals surface area contributed by atoms with Crippen LogP contribution in [0, 0.1) is 5.92 Å². The Morgan fingerprint density at radius 1 is 0.906 bits per heavy atom. The molecule has 0 saturated carbocycles. The Bertz CT molecular complexity index is 1130. The van der Waals surface area contributed by atoms with Crippen molar-refractivity contribution in [3.63, 3.8) is 0 Å². The van der Waals surface area contributed by atoms with Crippen molar-refractivity contribution in [1.29, 1.82) is 0 Å². The van der Waals surface area contributed by atoms with E-state index in [0.29, 0.717) is 24.3 Å². The monoisotopic (exact) mass is 432 g/mol. The lowest BCUT2D eigenvalue weighted by Crippen LogP contribution is -2.47. The molecule has 1 atom stereocenters. The van der Waals surface area contributed by atoms with Gasteiger partial charge in [0.1, 0.15) is 0 Å². The minimum Gasteiger partial charge on any atom is -0.366 e. The highest BCUT2D eigenvalue weighted by molar-refractivity contribution is 5.95. The number of fused-ring (bicyclic) bond motifs is 1. The number of anilines is 1. The lowest BCUT2D eigenvalue weighted by Gasteiger charge is -2.36. The zero-order valence-corrected chi connectivity index (χ0v) is 18.1. The summed E-state index contributed by atoms with van der Waals surface area (Å²) in [5.74, 6) is 0.345. The number of hydrogen-bond acceptors (Lipinski definition) is 5. The molecule has 0 radical (unpaired) electrons. The first-order chi connectivity index (χ1) is 15.6. The van der Waals surface area contributed by atoms with Gasteiger partial charge in [-0.2, -0.15) is 4.98 Å². The number of carbonyl (C=O) groups is 2. The van der Waals surface area contributed by atoms with E-state index < -0.39 is 0 Å². The molecule has 8 nitrogen and oxygen atoms in total. The Morgan fingerprint density at radius 2 is 1.66 bits per heavy atom. The van der Waals surface area contributed by atoms with Crippen molar-refractivity contribution in [2.24, 2.45) is 5.92 Å². The van der Waals surface area contributed by atoms with Crippen molar-refractivity contribution in [3.05, 3.63) is 48.0 Å². The quantitative estimate of drug-likeness (QED) is 0.686. The molecule has 2 amide bonds. The summed E-state index contributed by atoms with van der Waals surface area (Å²) in [6.45, 7) is 2.92. The van der Waals surface area contributed by atoms with Crippen molar-refractivity contribution in [3.8, 4) is 11.3 Å². The Labute approximate surface area is 187 Å². The molecule has 2 N–H and O–H groups in total. The van der Waals surface area contributed by atoms with Gasteiger partial charge in [-0.15, -0.1) is 5.10 Å². The highest BCUT2D eigenvalue weighted by Gasteiger charge is 2.32. The van der Waals surface area contributed by atoms with Gasteiger partial charge in [-0.1, -0.05) is 18.2 Å². The Kier molecular flexibility index (Phi) is 5.51. The summed E-state index contributed by atoms with van der Waals surface area (Å²) in [6, 6.07) is 13.2. The van der Waals surface area contributed by atoms with Crippen LogP contribution in [0.4, 0.5) is 5.95 Å². The fourth-order valence-corrected chi connectivity index (χ4v) is 4.84. The van der Waals surface area contributed by atoms with Crippen LogP contribution in [-0.4, -0.2) is 62.4 Å². The predicted octanol–water partition coefficient (Wildman–Crippen LogP) is 2.84. The van der Waals surface area contributed by atoms with E-state index in [-0.39, 0.29) is 23.7 Å². The summed E-state index contributed by atoms with van der Waals surface area (Å²) >= 11 is 0. The Balaban J connectivity index is 1.30. The second-order valence-electron chi connectivity index (χ2n) is 8.70. The molecule has 166 valence electrons. The molecular formula is C24H28N6O2. The van der Waals surface area contributed by atoms with E-state index in [9.17, 15) is 9.59 Å². The minimum absolute atomic E-state index is 0.0177. The predicted molar refractivity (Wildman–Crippen MR) is 122 cm³/mol. The van der Waals surface area contributed by atoms with Gasteiger partial charge in [-0.05, 0) is 56.4 Å². The standard InChI is InChI=1S/C24H28N6O2/c25-24-26-21-8-4-7-20(30(21)27-24)17-9-11-18(12-10-17)22(31)29-15-5-6-19(16-29)23(32)28-13-2-1-3-14-28/h4,7-12,19H,1-3,5-6,13-16H2,(H2,25,27). The topological polar surface area (TPSA) is 96.8 Å². The molecule has 5 rings (SSSR count). The largest absolute Gasteiger partial charge is 0.366 e. The second-order valence-corrected chi connectivity index (χ2v) is 8.70. The number of piperidine rings is 2. The average Bonchev–Trinajstić information content (AvgIpc) is 3.24. The van der Waals surface area contributed by atoms with Gasteiger partial charge in [0.25, 0.3) is 5.91 Å². The molecule has 1 aromatic carbocycles. The number of likely N-dealkylation sites (tertiary alicyclic amines) is 2. The van der Waals surface area contributed by atoms with E-state index in [4.69, 9.17) is 5.73 Å². The highest BCUT2D eigenvalue weighted by Crippen LogP contribution is 2.25. The van der Waals surface area contributed by atoms with Crippen LogP contribution in [-0.2, 0) is 4.79 Å². The molecule has 2 aromatic heterocycles. The van der Waals surface area contributed by atoms with Gasteiger partial charge >= 0.3 is 0 Å². The number of benzene rings is 1. The van der Waals surface area contributed by atoms with Gasteiger partial charge in [0.15, 0.2) is 5.65 Å². The molecule has 0 bridgehead atoms. The molecule has 0 aliphatic carbocycles. The van der Waals surface area contributed by atoms with Crippen LogP contribution in [0.3, 0.4) is 0 Å². The fourth-order valence-electron chi connectivity index (χ4n) is 4.84. The summed E-state index contributed by atoms with van der Waals surface area (Å²) < 4.78 is 1.70. The van der Waals surface area contributed by atoms with Crippen LogP contribution in [0.2, 0.25) is 0 Å². The first-order valence-electron chi connectivity index (χ1n) is 11.4. The molecule has 3 aromatic rings. The van der Waals surface area contributed by atoms with Crippen LogP contribution in [0.1, 0.15) is 42.5 Å². The first-order valence-corrected chi connectivity index (χ1v) is 11.4. The lowest BCUT2D eigenvalue weighted by molar-refractivity contribution is -0.137. The third-order valence-electron chi connectivity index (χ3n) is 6.53. The first kappa shape index (κ1) is 20.5. The Morgan fingerprint density at radius 3 is 2.44 bits per heavy atom. The van der Waals surface area contributed by atoms with Crippen LogP contribution >= 0.6 is 0 Å². The maximum atomic E-state index is 13.2. The zero-order chi connectivity index (χ0) is 22.1. The van der Waals surface area contributed by atoms with E-state index in [2.05, 4.69) is 10.1 Å². The summed E-state index contributed by atoms with van der Waals surface area (Å²) in [7, 11) is 0. The van der Waals surface area contributed by atoms with Gasteiger partial charge in [0, 0.05) is 37.3 Å². The summed E-state index contributed by atoms with van der Waals surface area (Å²) in [5.41, 5.74) is 8.83. The fraction of sp³-hybridized carbons (Fsp3) is 0.417. The number of amides is 2. The molecule has 2 fully saturated rings. The van der Waals surface area contributed by atoms with Crippen molar-refractivity contribution in [2.75, 3.05) is 31.9 Å². The summed E-state index contributed by atoms with van der Waals surface area (Å²) in [4.78, 5) is 34.1. The molecular weight excluding hydrogens is 404 g/mol. The highest BCUT2D eigenvalue weighted by atomic mass is 16.2. The van der Waals surface area contributed by atoms with Crippen molar-refractivity contribution < 1.29 is 9.59 Å². The van der Waals surface area contributed by atoms with E-state index in [1.165, 1.54) is 6.42 Å². The van der Waals surface area contributed by atoms with Gasteiger partial charge in [0.05, 0.1) is 11.6 Å². The molecule has 2 saturated heterocycles. The van der Waals surface area contributed by atoms with E-state index in [1.807, 2.05) is 52.3 Å². The molecule has 1 unspecified atom stereocenters. The maximum absolute atomic E-state index is 13.2. The molecule has 0 spiro atoms. The zero-order valence-electron chi connectivity index (χ0n) is 18.1. The van der Waals surface area contributed by atoms with Crippen molar-refractivity contribution in [1.82, 2.24) is 24.4 Å². The number of hydrogen-bond donors (Lipinski definition) is 1. The molecule has 2 aliphatic rings. The normalized spacial score (nSPS) is 19.3. The molecule has 2 aliphatic heterocycles. The smallest absolute Gasteiger partial charge is 0.253 e. The van der Waals surface area contributed by atoms with E-state index in [1.54, 1.807) is 4.52 Å². The average molecular weight is 433 g/mol. The van der Waals surface area contributed by atoms with Gasteiger partial charge in [0.2, 0.25) is 11.9 Å². The van der Waals surface area contributed by atoms with E-state index in [0.717, 1.165) is 50.0 Å². The number of rotatable bonds is 3. The van der Waals surface area contributed by atoms with Gasteiger partial charge in [-0.25, -0.2) is 4.52 Å². The molecule has 4 heterocycles. The third kappa shape index (κ3) is 3.92. The SMILES string of the molecule is Nc1nc2cccc(-c3ccc(C(=O)N4CCCC(C(=O)N5CCCCC5)C4)cc3)n2n1. The van der Waals surface area contributed by atoms with E-state index >= 15 is 0 Å². The summed E-state index contributed by atoms with van der Waals surface area (Å²) in [6.07, 6.45) is 5.10.